The molecule has 28 heavy (non-hydrogen) atoms. The number of rotatable bonds is 6. The number of benzene rings is 2. The number of imide groups is 1. The number of carbonyl (C=O) groups is 5. The van der Waals surface area contributed by atoms with Crippen LogP contribution in [0.1, 0.15) is 32.7 Å². The maximum atomic E-state index is 12.4. The van der Waals surface area contributed by atoms with Crippen LogP contribution in [-0.2, 0) is 20.9 Å². The zero-order valence-electron chi connectivity index (χ0n) is 14.8. The third kappa shape index (κ3) is 3.93. The van der Waals surface area contributed by atoms with Gasteiger partial charge in [0.2, 0.25) is 11.7 Å². The molecule has 3 amide bonds. The molecule has 3 rings (SSSR count). The Morgan fingerprint density at radius 3 is 2.07 bits per heavy atom. The number of amides is 3. The van der Waals surface area contributed by atoms with Gasteiger partial charge in [0.1, 0.15) is 0 Å². The van der Waals surface area contributed by atoms with Crippen LogP contribution in [0.5, 0.6) is 0 Å². The third-order valence-corrected chi connectivity index (χ3v) is 4.32. The van der Waals surface area contributed by atoms with Crippen LogP contribution in [0.25, 0.3) is 0 Å². The summed E-state index contributed by atoms with van der Waals surface area (Å²) in [5.74, 6) is -3.55. The second kappa shape index (κ2) is 7.79. The van der Waals surface area contributed by atoms with Crippen molar-refractivity contribution in [3.8, 4) is 0 Å². The summed E-state index contributed by atoms with van der Waals surface area (Å²) in [6, 6.07) is 14.4. The van der Waals surface area contributed by atoms with Gasteiger partial charge in [-0.25, -0.2) is 0 Å². The highest BCUT2D eigenvalue weighted by molar-refractivity contribution is 6.48. The van der Waals surface area contributed by atoms with Gasteiger partial charge >= 0.3 is 5.91 Å². The summed E-state index contributed by atoms with van der Waals surface area (Å²) in [5.41, 5.74) is 6.19. The van der Waals surface area contributed by atoms with E-state index in [-0.39, 0.29) is 29.7 Å². The van der Waals surface area contributed by atoms with E-state index in [1.165, 1.54) is 24.3 Å². The standard InChI is InChI=1S/C21H16N2O5/c22-20(27)15-8-6-14(7-9-15)17(24)10-16-11-18(25)23(21(28)19(16)26)12-13-4-2-1-3-5-13/h1-9,11H,10,12H2,(H2,22,27). The zero-order valence-corrected chi connectivity index (χ0v) is 14.8. The lowest BCUT2D eigenvalue weighted by Gasteiger charge is -2.23. The number of carbonyl (C=O) groups excluding carboxylic acids is 5. The van der Waals surface area contributed by atoms with Crippen LogP contribution in [0.3, 0.4) is 0 Å². The molecule has 7 nitrogen and oxygen atoms in total. The monoisotopic (exact) mass is 376 g/mol. The molecule has 0 saturated carbocycles. The molecule has 0 fully saturated rings. The van der Waals surface area contributed by atoms with Crippen molar-refractivity contribution in [2.75, 3.05) is 0 Å². The van der Waals surface area contributed by atoms with Crippen molar-refractivity contribution < 1.29 is 24.0 Å². The van der Waals surface area contributed by atoms with Gasteiger partial charge in [-0.1, -0.05) is 42.5 Å². The smallest absolute Gasteiger partial charge is 0.301 e. The van der Waals surface area contributed by atoms with Crippen molar-refractivity contribution in [3.05, 3.63) is 82.9 Å². The van der Waals surface area contributed by atoms with E-state index in [1.54, 1.807) is 30.3 Å². The molecule has 2 aromatic carbocycles. The van der Waals surface area contributed by atoms with Gasteiger partial charge in [0.15, 0.2) is 5.78 Å². The van der Waals surface area contributed by atoms with Crippen LogP contribution in [0, 0.1) is 0 Å². The molecule has 0 spiro atoms. The molecule has 140 valence electrons. The number of ketones is 2. The summed E-state index contributed by atoms with van der Waals surface area (Å²) in [6.45, 7) is -0.0173. The normalized spacial score (nSPS) is 14.1. The number of hydrogen-bond acceptors (Lipinski definition) is 5. The Morgan fingerprint density at radius 1 is 0.857 bits per heavy atom. The molecule has 0 aliphatic carbocycles. The molecule has 2 N–H and O–H groups in total. The second-order valence-corrected chi connectivity index (χ2v) is 6.26. The summed E-state index contributed by atoms with van der Waals surface area (Å²) in [5, 5.41) is 0. The molecule has 1 aliphatic heterocycles. The first-order valence-corrected chi connectivity index (χ1v) is 8.44. The minimum absolute atomic E-state index is 0.0173. The summed E-state index contributed by atoms with van der Waals surface area (Å²) >= 11 is 0. The number of nitrogens with zero attached hydrogens (tertiary/aromatic N) is 1. The third-order valence-electron chi connectivity index (χ3n) is 4.32. The first-order valence-electron chi connectivity index (χ1n) is 8.44. The lowest BCUT2D eigenvalue weighted by atomic mass is 9.96. The average molecular weight is 376 g/mol. The van der Waals surface area contributed by atoms with Crippen molar-refractivity contribution in [1.82, 2.24) is 4.90 Å². The molecular formula is C21H16N2O5. The Kier molecular flexibility index (Phi) is 5.26. The first-order chi connectivity index (χ1) is 13.4. The molecule has 0 unspecified atom stereocenters. The molecule has 0 atom stereocenters. The maximum Gasteiger partial charge on any atom is 0.301 e. The lowest BCUT2D eigenvalue weighted by Crippen LogP contribution is -2.44. The Bertz CT molecular complexity index is 1010. The van der Waals surface area contributed by atoms with Gasteiger partial charge in [0.05, 0.1) is 6.54 Å². The van der Waals surface area contributed by atoms with Gasteiger partial charge in [-0.2, -0.15) is 0 Å². The van der Waals surface area contributed by atoms with E-state index in [4.69, 9.17) is 5.73 Å². The molecule has 0 radical (unpaired) electrons. The molecule has 0 aromatic heterocycles. The number of hydrogen-bond donors (Lipinski definition) is 1. The quantitative estimate of drug-likeness (QED) is 0.465. The van der Waals surface area contributed by atoms with Gasteiger partial charge < -0.3 is 5.73 Å². The predicted octanol–water partition coefficient (Wildman–Crippen LogP) is 1.42. The first kappa shape index (κ1) is 18.9. The molecule has 0 saturated heterocycles. The molecule has 2 aromatic rings. The fourth-order valence-electron chi connectivity index (χ4n) is 2.79. The summed E-state index contributed by atoms with van der Waals surface area (Å²) in [7, 11) is 0. The highest BCUT2D eigenvalue weighted by Gasteiger charge is 2.35. The Morgan fingerprint density at radius 2 is 1.46 bits per heavy atom. The van der Waals surface area contributed by atoms with Crippen LogP contribution < -0.4 is 5.73 Å². The van der Waals surface area contributed by atoms with E-state index < -0.39 is 29.3 Å². The van der Waals surface area contributed by atoms with Crippen LogP contribution in [-0.4, -0.2) is 34.2 Å². The highest BCUT2D eigenvalue weighted by atomic mass is 16.2. The number of nitrogens with two attached hydrogens (primary N) is 1. The predicted molar refractivity (Wildman–Crippen MR) is 99.0 cm³/mol. The van der Waals surface area contributed by atoms with Gasteiger partial charge in [-0.05, 0) is 17.7 Å². The molecule has 1 heterocycles. The van der Waals surface area contributed by atoms with E-state index in [0.717, 1.165) is 11.0 Å². The van der Waals surface area contributed by atoms with Gasteiger partial charge in [-0.15, -0.1) is 0 Å². The summed E-state index contributed by atoms with van der Waals surface area (Å²) in [4.78, 5) is 61.3. The van der Waals surface area contributed by atoms with Gasteiger partial charge in [0.25, 0.3) is 5.91 Å². The van der Waals surface area contributed by atoms with Crippen molar-refractivity contribution >= 4 is 29.3 Å². The molecule has 1 aliphatic rings. The van der Waals surface area contributed by atoms with E-state index in [2.05, 4.69) is 0 Å². The fourth-order valence-corrected chi connectivity index (χ4v) is 2.79. The van der Waals surface area contributed by atoms with Crippen LogP contribution in [0.4, 0.5) is 0 Å². The summed E-state index contributed by atoms with van der Waals surface area (Å²) in [6.07, 6.45) is 0.647. The SMILES string of the molecule is NC(=O)c1ccc(C(=O)CC2=CC(=O)N(Cc3ccccc3)C(=O)C2=O)cc1. The van der Waals surface area contributed by atoms with Crippen molar-refractivity contribution in [3.63, 3.8) is 0 Å². The fraction of sp³-hybridized carbons (Fsp3) is 0.0952. The average Bonchev–Trinajstić information content (AvgIpc) is 2.70. The van der Waals surface area contributed by atoms with E-state index in [1.807, 2.05) is 0 Å². The van der Waals surface area contributed by atoms with Crippen molar-refractivity contribution in [2.24, 2.45) is 5.73 Å². The summed E-state index contributed by atoms with van der Waals surface area (Å²) < 4.78 is 0. The van der Waals surface area contributed by atoms with E-state index in [9.17, 15) is 24.0 Å². The Labute approximate surface area is 160 Å². The Balaban J connectivity index is 1.75. The highest BCUT2D eigenvalue weighted by Crippen LogP contribution is 2.19. The van der Waals surface area contributed by atoms with Crippen LogP contribution in [0.15, 0.2) is 66.2 Å². The molecule has 0 bridgehead atoms. The molecular weight excluding hydrogens is 360 g/mol. The van der Waals surface area contributed by atoms with Gasteiger partial charge in [-0.3, -0.25) is 28.9 Å². The number of primary amides is 1. The van der Waals surface area contributed by atoms with E-state index in [0.29, 0.717) is 5.56 Å². The van der Waals surface area contributed by atoms with E-state index >= 15 is 0 Å². The van der Waals surface area contributed by atoms with Crippen LogP contribution in [0.2, 0.25) is 0 Å². The van der Waals surface area contributed by atoms with Crippen LogP contribution >= 0.6 is 0 Å². The van der Waals surface area contributed by atoms with Crippen molar-refractivity contribution in [1.29, 1.82) is 0 Å². The topological polar surface area (TPSA) is 115 Å². The van der Waals surface area contributed by atoms with Gasteiger partial charge in [0, 0.05) is 29.2 Å². The minimum Gasteiger partial charge on any atom is -0.366 e. The molecule has 7 heteroatoms. The largest absolute Gasteiger partial charge is 0.366 e. The zero-order chi connectivity index (χ0) is 20.3. The second-order valence-electron chi connectivity index (χ2n) is 6.26. The number of Topliss-reactive ketones (excluding diaryl/α,β-unsaturated/α-hetero) is 2. The minimum atomic E-state index is -0.955. The maximum absolute atomic E-state index is 12.4. The Hall–Kier alpha value is -3.87. The lowest BCUT2D eigenvalue weighted by molar-refractivity contribution is -0.150. The van der Waals surface area contributed by atoms with Crippen molar-refractivity contribution in [2.45, 2.75) is 13.0 Å².